The summed E-state index contributed by atoms with van der Waals surface area (Å²) in [5.74, 6) is 1.80. The summed E-state index contributed by atoms with van der Waals surface area (Å²) in [5.41, 5.74) is 6.77. The van der Waals surface area contributed by atoms with Gasteiger partial charge in [0, 0.05) is 6.20 Å². The lowest BCUT2D eigenvalue weighted by atomic mass is 10.2. The second-order valence-electron chi connectivity index (χ2n) is 4.59. The Balaban J connectivity index is 2.26. The zero-order valence-electron chi connectivity index (χ0n) is 13.3. The molecule has 0 saturated heterocycles. The molecule has 0 aliphatic rings. The van der Waals surface area contributed by atoms with E-state index in [1.165, 1.54) is 0 Å². The maximum absolute atomic E-state index is 7.54. The number of nitrogens with zero attached hydrogens (tertiary/aromatic N) is 1. The van der Waals surface area contributed by atoms with E-state index in [4.69, 9.17) is 30.1 Å². The van der Waals surface area contributed by atoms with E-state index in [0.29, 0.717) is 28.7 Å². The van der Waals surface area contributed by atoms with Crippen LogP contribution in [0.2, 0.25) is 0 Å². The molecule has 3 N–H and O–H groups in total. The molecule has 0 spiro atoms. The lowest BCUT2D eigenvalue weighted by Gasteiger charge is -2.15. The summed E-state index contributed by atoms with van der Waals surface area (Å²) in [4.78, 5) is 4.10. The summed E-state index contributed by atoms with van der Waals surface area (Å²) >= 11 is 0. The van der Waals surface area contributed by atoms with Crippen molar-refractivity contribution in [2.45, 2.75) is 6.61 Å². The molecule has 0 bridgehead atoms. The summed E-state index contributed by atoms with van der Waals surface area (Å²) in [6.45, 7) is 0.216. The van der Waals surface area contributed by atoms with Gasteiger partial charge in [0.15, 0.2) is 11.5 Å². The van der Waals surface area contributed by atoms with Gasteiger partial charge in [-0.05, 0) is 29.8 Å². The predicted molar refractivity (Wildman–Crippen MR) is 85.7 cm³/mol. The van der Waals surface area contributed by atoms with Gasteiger partial charge in [0.05, 0.1) is 26.9 Å². The summed E-state index contributed by atoms with van der Waals surface area (Å²) in [5, 5.41) is 7.54. The summed E-state index contributed by atoms with van der Waals surface area (Å²) in [6.07, 6.45) is 1.58. The van der Waals surface area contributed by atoms with Crippen molar-refractivity contribution < 1.29 is 18.9 Å². The summed E-state index contributed by atoms with van der Waals surface area (Å²) in [7, 11) is 4.65. The molecule has 122 valence electrons. The van der Waals surface area contributed by atoms with Gasteiger partial charge in [-0.2, -0.15) is 0 Å². The van der Waals surface area contributed by atoms with Gasteiger partial charge in [0.1, 0.15) is 12.4 Å². The SMILES string of the molecule is COc1cc(COc2ncccc2C(=N)N)cc(OC)c1OC. The normalized spacial score (nSPS) is 10.0. The average Bonchev–Trinajstić information content (AvgIpc) is 2.58. The number of hydrogen-bond donors (Lipinski definition) is 2. The molecule has 0 aliphatic carbocycles. The van der Waals surface area contributed by atoms with E-state index in [0.717, 1.165) is 5.56 Å². The molecule has 0 amide bonds. The van der Waals surface area contributed by atoms with Crippen LogP contribution in [0.1, 0.15) is 11.1 Å². The van der Waals surface area contributed by atoms with Gasteiger partial charge in [0.2, 0.25) is 11.6 Å². The molecule has 7 heteroatoms. The number of amidine groups is 1. The highest BCUT2D eigenvalue weighted by Crippen LogP contribution is 2.38. The van der Waals surface area contributed by atoms with Gasteiger partial charge in [-0.25, -0.2) is 4.98 Å². The van der Waals surface area contributed by atoms with Crippen molar-refractivity contribution in [3.05, 3.63) is 41.6 Å². The quantitative estimate of drug-likeness (QED) is 0.598. The topological polar surface area (TPSA) is 99.7 Å². The van der Waals surface area contributed by atoms with Crippen LogP contribution in [0.5, 0.6) is 23.1 Å². The number of hydrogen-bond acceptors (Lipinski definition) is 6. The van der Waals surface area contributed by atoms with Crippen LogP contribution in [0, 0.1) is 5.41 Å². The molecule has 0 atom stereocenters. The first-order chi connectivity index (χ1) is 11.1. The highest BCUT2D eigenvalue weighted by Gasteiger charge is 2.14. The summed E-state index contributed by atoms with van der Waals surface area (Å²) < 4.78 is 21.6. The van der Waals surface area contributed by atoms with Gasteiger partial charge < -0.3 is 24.7 Å². The fraction of sp³-hybridized carbons (Fsp3) is 0.250. The van der Waals surface area contributed by atoms with Crippen molar-refractivity contribution in [1.29, 1.82) is 5.41 Å². The van der Waals surface area contributed by atoms with E-state index in [2.05, 4.69) is 4.98 Å². The van der Waals surface area contributed by atoms with Crippen LogP contribution < -0.4 is 24.7 Å². The first-order valence-electron chi connectivity index (χ1n) is 6.81. The highest BCUT2D eigenvalue weighted by atomic mass is 16.5. The average molecular weight is 317 g/mol. The van der Waals surface area contributed by atoms with Crippen LogP contribution in [-0.2, 0) is 6.61 Å². The van der Waals surface area contributed by atoms with E-state index in [-0.39, 0.29) is 12.4 Å². The second-order valence-corrected chi connectivity index (χ2v) is 4.59. The van der Waals surface area contributed by atoms with Crippen LogP contribution in [0.3, 0.4) is 0 Å². The number of pyridine rings is 1. The fourth-order valence-electron chi connectivity index (χ4n) is 2.08. The zero-order chi connectivity index (χ0) is 16.8. The molecule has 0 radical (unpaired) electrons. The van der Waals surface area contributed by atoms with Crippen molar-refractivity contribution in [2.24, 2.45) is 5.73 Å². The van der Waals surface area contributed by atoms with Gasteiger partial charge in [0.25, 0.3) is 0 Å². The van der Waals surface area contributed by atoms with Gasteiger partial charge >= 0.3 is 0 Å². The number of aromatic nitrogens is 1. The van der Waals surface area contributed by atoms with Gasteiger partial charge in [-0.3, -0.25) is 5.41 Å². The Kier molecular flexibility index (Phi) is 5.24. The monoisotopic (exact) mass is 317 g/mol. The lowest BCUT2D eigenvalue weighted by Crippen LogP contribution is -2.14. The van der Waals surface area contributed by atoms with Crippen LogP contribution in [-0.4, -0.2) is 32.1 Å². The van der Waals surface area contributed by atoms with E-state index in [1.54, 1.807) is 51.8 Å². The largest absolute Gasteiger partial charge is 0.493 e. The number of nitrogen functional groups attached to an aromatic ring is 1. The minimum atomic E-state index is -0.0991. The van der Waals surface area contributed by atoms with Crippen molar-refractivity contribution in [1.82, 2.24) is 4.98 Å². The minimum Gasteiger partial charge on any atom is -0.493 e. The molecule has 2 rings (SSSR count). The molecule has 1 aromatic heterocycles. The Morgan fingerprint density at radius 1 is 1.13 bits per heavy atom. The summed E-state index contributed by atoms with van der Waals surface area (Å²) in [6, 6.07) is 6.96. The Morgan fingerprint density at radius 3 is 2.30 bits per heavy atom. The highest BCUT2D eigenvalue weighted by molar-refractivity contribution is 5.96. The number of benzene rings is 1. The number of rotatable bonds is 7. The molecule has 0 unspecified atom stereocenters. The van der Waals surface area contributed by atoms with Crippen molar-refractivity contribution in [3.63, 3.8) is 0 Å². The van der Waals surface area contributed by atoms with E-state index >= 15 is 0 Å². The first kappa shape index (κ1) is 16.4. The zero-order valence-corrected chi connectivity index (χ0v) is 13.3. The second kappa shape index (κ2) is 7.35. The van der Waals surface area contributed by atoms with Crippen LogP contribution >= 0.6 is 0 Å². The van der Waals surface area contributed by atoms with Crippen LogP contribution in [0.15, 0.2) is 30.5 Å². The molecule has 7 nitrogen and oxygen atoms in total. The molecule has 0 aliphatic heterocycles. The Bertz CT molecular complexity index is 678. The molecule has 2 aromatic rings. The van der Waals surface area contributed by atoms with Gasteiger partial charge in [-0.1, -0.05) is 0 Å². The van der Waals surface area contributed by atoms with Crippen LogP contribution in [0.25, 0.3) is 0 Å². The first-order valence-corrected chi connectivity index (χ1v) is 6.81. The number of methoxy groups -OCH3 is 3. The Hall–Kier alpha value is -2.96. The molecule has 1 heterocycles. The molecule has 1 aromatic carbocycles. The van der Waals surface area contributed by atoms with Crippen LogP contribution in [0.4, 0.5) is 0 Å². The number of nitrogens with one attached hydrogen (secondary N) is 1. The lowest BCUT2D eigenvalue weighted by molar-refractivity contribution is 0.288. The third-order valence-corrected chi connectivity index (χ3v) is 3.16. The third-order valence-electron chi connectivity index (χ3n) is 3.16. The van der Waals surface area contributed by atoms with Gasteiger partial charge in [-0.15, -0.1) is 0 Å². The third kappa shape index (κ3) is 3.63. The number of nitrogens with two attached hydrogens (primary N) is 1. The maximum atomic E-state index is 7.54. The minimum absolute atomic E-state index is 0.0991. The molecular weight excluding hydrogens is 298 g/mol. The van der Waals surface area contributed by atoms with E-state index < -0.39 is 0 Å². The fourth-order valence-corrected chi connectivity index (χ4v) is 2.08. The Morgan fingerprint density at radius 2 is 1.78 bits per heavy atom. The maximum Gasteiger partial charge on any atom is 0.224 e. The molecule has 0 fully saturated rings. The smallest absolute Gasteiger partial charge is 0.224 e. The van der Waals surface area contributed by atoms with Crippen molar-refractivity contribution >= 4 is 5.84 Å². The molecular formula is C16H19N3O4. The number of ether oxygens (including phenoxy) is 4. The Labute approximate surface area is 134 Å². The standard InChI is InChI=1S/C16H19N3O4/c1-20-12-7-10(8-13(21-2)14(12)22-3)9-23-16-11(15(17)18)5-4-6-19-16/h4-8H,9H2,1-3H3,(H3,17,18). The van der Waals surface area contributed by atoms with E-state index in [1.807, 2.05) is 0 Å². The van der Waals surface area contributed by atoms with E-state index in [9.17, 15) is 0 Å². The molecule has 23 heavy (non-hydrogen) atoms. The van der Waals surface area contributed by atoms with Crippen molar-refractivity contribution in [2.75, 3.05) is 21.3 Å². The predicted octanol–water partition coefficient (Wildman–Crippen LogP) is 1.97. The van der Waals surface area contributed by atoms with Crippen molar-refractivity contribution in [3.8, 4) is 23.1 Å². The molecule has 0 saturated carbocycles.